The number of methoxy groups -OCH3 is 1. The number of hydrogen-bond acceptors (Lipinski definition) is 5. The summed E-state index contributed by atoms with van der Waals surface area (Å²) in [5.41, 5.74) is 2.07. The highest BCUT2D eigenvalue weighted by molar-refractivity contribution is 5.86. The topological polar surface area (TPSA) is 37.8 Å². The van der Waals surface area contributed by atoms with Gasteiger partial charge in [-0.05, 0) is 31.7 Å². The summed E-state index contributed by atoms with van der Waals surface area (Å²) in [4.78, 5) is 9.36. The van der Waals surface area contributed by atoms with Gasteiger partial charge in [-0.15, -0.1) is 0 Å². The second-order valence-corrected chi connectivity index (χ2v) is 6.01. The van der Waals surface area contributed by atoms with E-state index in [2.05, 4.69) is 40.9 Å². The minimum Gasteiger partial charge on any atom is -0.495 e. The third-order valence-electron chi connectivity index (χ3n) is 4.26. The Kier molecular flexibility index (Phi) is 4.86. The fraction of sp³-hybridized carbons (Fsp3) is 0.500. The number of rotatable bonds is 5. The third kappa shape index (κ3) is 3.50. The Morgan fingerprint density at radius 1 is 1.13 bits per heavy atom. The summed E-state index contributed by atoms with van der Waals surface area (Å²) < 4.78 is 11.3. The number of anilines is 1. The molecule has 0 bridgehead atoms. The van der Waals surface area contributed by atoms with Crippen LogP contribution in [0.2, 0.25) is 0 Å². The number of benzene rings is 1. The number of likely N-dealkylation sites (N-methyl/N-ethyl adjacent to an activating group) is 1. The van der Waals surface area contributed by atoms with E-state index in [0.29, 0.717) is 12.5 Å². The van der Waals surface area contributed by atoms with Crippen molar-refractivity contribution in [1.29, 1.82) is 0 Å². The highest BCUT2D eigenvalue weighted by atomic mass is 16.5. The molecule has 0 radical (unpaired) electrons. The minimum absolute atomic E-state index is 0.689. The van der Waals surface area contributed by atoms with E-state index in [1.54, 1.807) is 7.11 Å². The largest absolute Gasteiger partial charge is 0.495 e. The predicted octanol–water partition coefficient (Wildman–Crippen LogP) is 2.78. The van der Waals surface area contributed by atoms with E-state index in [9.17, 15) is 0 Å². The van der Waals surface area contributed by atoms with Crippen LogP contribution in [0.15, 0.2) is 24.3 Å². The molecule has 0 amide bonds. The van der Waals surface area contributed by atoms with Crippen LogP contribution >= 0.6 is 0 Å². The Morgan fingerprint density at radius 3 is 2.61 bits per heavy atom. The lowest BCUT2D eigenvalue weighted by molar-refractivity contribution is 0.306. The molecule has 0 saturated carbocycles. The molecule has 2 heterocycles. The van der Waals surface area contributed by atoms with Gasteiger partial charge in [0.15, 0.2) is 0 Å². The van der Waals surface area contributed by atoms with Gasteiger partial charge in [-0.25, -0.2) is 4.98 Å². The maximum atomic E-state index is 5.66. The Hall–Kier alpha value is -2.01. The summed E-state index contributed by atoms with van der Waals surface area (Å²) in [7, 11) is 3.89. The molecule has 1 aromatic carbocycles. The molecule has 1 fully saturated rings. The molecule has 0 atom stereocenters. The van der Waals surface area contributed by atoms with Crippen LogP contribution in [0.1, 0.15) is 13.3 Å². The zero-order valence-corrected chi connectivity index (χ0v) is 14.2. The number of hydrogen-bond donors (Lipinski definition) is 0. The van der Waals surface area contributed by atoms with Gasteiger partial charge in [-0.1, -0.05) is 6.92 Å². The minimum atomic E-state index is 0.689. The lowest BCUT2D eigenvalue weighted by atomic mass is 10.1. The van der Waals surface area contributed by atoms with Gasteiger partial charge in [0.25, 0.3) is 0 Å². The molecule has 1 saturated heterocycles. The fourth-order valence-corrected chi connectivity index (χ4v) is 2.87. The van der Waals surface area contributed by atoms with Gasteiger partial charge in [-0.3, -0.25) is 0 Å². The summed E-state index contributed by atoms with van der Waals surface area (Å²) in [6.07, 6.45) is 0.981. The second-order valence-electron chi connectivity index (χ2n) is 6.01. The van der Waals surface area contributed by atoms with Gasteiger partial charge in [0.2, 0.25) is 5.88 Å². The molecule has 3 rings (SSSR count). The number of pyridine rings is 1. The highest BCUT2D eigenvalue weighted by Crippen LogP contribution is 2.33. The molecule has 23 heavy (non-hydrogen) atoms. The van der Waals surface area contributed by atoms with Crippen LogP contribution in [0.25, 0.3) is 10.9 Å². The zero-order valence-electron chi connectivity index (χ0n) is 14.2. The maximum absolute atomic E-state index is 5.66. The van der Waals surface area contributed by atoms with E-state index >= 15 is 0 Å². The molecule has 0 aliphatic carbocycles. The Labute approximate surface area is 137 Å². The highest BCUT2D eigenvalue weighted by Gasteiger charge is 2.18. The molecule has 5 heteroatoms. The van der Waals surface area contributed by atoms with Gasteiger partial charge in [-0.2, -0.15) is 0 Å². The third-order valence-corrected chi connectivity index (χ3v) is 4.26. The Morgan fingerprint density at radius 2 is 1.91 bits per heavy atom. The van der Waals surface area contributed by atoms with Crippen LogP contribution in [0.5, 0.6) is 11.6 Å². The van der Waals surface area contributed by atoms with Crippen LogP contribution in [0, 0.1) is 0 Å². The summed E-state index contributed by atoms with van der Waals surface area (Å²) in [6, 6.07) is 8.16. The molecule has 0 spiro atoms. The van der Waals surface area contributed by atoms with E-state index in [1.807, 2.05) is 12.1 Å². The first-order chi connectivity index (χ1) is 11.2. The number of fused-ring (bicyclic) bond motifs is 1. The summed E-state index contributed by atoms with van der Waals surface area (Å²) >= 11 is 0. The molecule has 0 unspecified atom stereocenters. The van der Waals surface area contributed by atoms with Gasteiger partial charge >= 0.3 is 0 Å². The van der Waals surface area contributed by atoms with Crippen molar-refractivity contribution in [3.05, 3.63) is 24.3 Å². The molecule has 1 aliphatic heterocycles. The summed E-state index contributed by atoms with van der Waals surface area (Å²) in [5.74, 6) is 1.60. The lowest BCUT2D eigenvalue weighted by Crippen LogP contribution is -2.44. The molecule has 1 aliphatic rings. The monoisotopic (exact) mass is 315 g/mol. The first kappa shape index (κ1) is 15.9. The van der Waals surface area contributed by atoms with E-state index in [-0.39, 0.29) is 0 Å². The normalized spacial score (nSPS) is 15.9. The predicted molar refractivity (Wildman–Crippen MR) is 93.8 cm³/mol. The maximum Gasteiger partial charge on any atom is 0.213 e. The van der Waals surface area contributed by atoms with Gasteiger partial charge in [0, 0.05) is 37.6 Å². The molecule has 5 nitrogen and oxygen atoms in total. The second kappa shape index (κ2) is 7.04. The number of piperazine rings is 1. The average Bonchev–Trinajstić information content (AvgIpc) is 2.59. The van der Waals surface area contributed by atoms with Crippen LogP contribution in [-0.2, 0) is 0 Å². The van der Waals surface area contributed by atoms with Crippen molar-refractivity contribution in [2.75, 3.05) is 51.8 Å². The smallest absolute Gasteiger partial charge is 0.213 e. The standard InChI is InChI=1S/C18H25N3O2/c1-4-11-23-18-6-5-14-12-17(22-3)16(13-15(14)19-18)21-9-7-20(2)8-10-21/h5-6,12-13H,4,7-11H2,1-3H3. The van der Waals surface area contributed by atoms with E-state index in [0.717, 1.165) is 54.9 Å². The lowest BCUT2D eigenvalue weighted by Gasteiger charge is -2.34. The van der Waals surface area contributed by atoms with E-state index in [4.69, 9.17) is 9.47 Å². The van der Waals surface area contributed by atoms with Crippen molar-refractivity contribution < 1.29 is 9.47 Å². The van der Waals surface area contributed by atoms with Gasteiger partial charge < -0.3 is 19.3 Å². The number of ether oxygens (including phenoxy) is 2. The van der Waals surface area contributed by atoms with Crippen LogP contribution in [0.3, 0.4) is 0 Å². The van der Waals surface area contributed by atoms with Crippen molar-refractivity contribution in [2.24, 2.45) is 0 Å². The van der Waals surface area contributed by atoms with Crippen molar-refractivity contribution in [2.45, 2.75) is 13.3 Å². The summed E-state index contributed by atoms with van der Waals surface area (Å²) in [6.45, 7) is 6.93. The molecule has 124 valence electrons. The van der Waals surface area contributed by atoms with Crippen LogP contribution in [0.4, 0.5) is 5.69 Å². The van der Waals surface area contributed by atoms with Crippen molar-refractivity contribution >= 4 is 16.6 Å². The molecule has 0 N–H and O–H groups in total. The Balaban J connectivity index is 1.95. The van der Waals surface area contributed by atoms with Crippen molar-refractivity contribution in [3.63, 3.8) is 0 Å². The van der Waals surface area contributed by atoms with Crippen molar-refractivity contribution in [1.82, 2.24) is 9.88 Å². The molecule has 1 aromatic heterocycles. The van der Waals surface area contributed by atoms with Crippen LogP contribution in [-0.4, -0.2) is 56.8 Å². The van der Waals surface area contributed by atoms with Gasteiger partial charge in [0.1, 0.15) is 5.75 Å². The molecule has 2 aromatic rings. The molecular formula is C18H25N3O2. The number of nitrogens with zero attached hydrogens (tertiary/aromatic N) is 3. The Bertz CT molecular complexity index is 667. The average molecular weight is 315 g/mol. The fourth-order valence-electron chi connectivity index (χ4n) is 2.87. The zero-order chi connectivity index (χ0) is 16.2. The van der Waals surface area contributed by atoms with E-state index < -0.39 is 0 Å². The quantitative estimate of drug-likeness (QED) is 0.848. The van der Waals surface area contributed by atoms with Crippen LogP contribution < -0.4 is 14.4 Å². The van der Waals surface area contributed by atoms with E-state index in [1.165, 1.54) is 0 Å². The van der Waals surface area contributed by atoms with Crippen molar-refractivity contribution in [3.8, 4) is 11.6 Å². The summed E-state index contributed by atoms with van der Waals surface area (Å²) in [5, 5.41) is 1.07. The van der Waals surface area contributed by atoms with Gasteiger partial charge in [0.05, 0.1) is 24.9 Å². The SMILES string of the molecule is CCCOc1ccc2cc(OC)c(N3CCN(C)CC3)cc2n1. The molecular weight excluding hydrogens is 290 g/mol. The first-order valence-corrected chi connectivity index (χ1v) is 8.26. The first-order valence-electron chi connectivity index (χ1n) is 8.26. The number of aromatic nitrogens is 1.